The maximum atomic E-state index is 6.44. The number of hydrogen-bond donors (Lipinski definition) is 1. The molecule has 2 unspecified atom stereocenters. The van der Waals surface area contributed by atoms with Crippen molar-refractivity contribution in [1.82, 2.24) is 5.32 Å². The van der Waals surface area contributed by atoms with Crippen molar-refractivity contribution in [2.45, 2.75) is 95.8 Å². The van der Waals surface area contributed by atoms with E-state index in [0.717, 1.165) is 6.54 Å². The molecule has 0 aromatic rings. The van der Waals surface area contributed by atoms with Gasteiger partial charge in [-0.1, -0.05) is 33.1 Å². The highest BCUT2D eigenvalue weighted by atomic mass is 16.5. The highest BCUT2D eigenvalue weighted by Crippen LogP contribution is 2.42. The summed E-state index contributed by atoms with van der Waals surface area (Å²) in [7, 11) is 0. The molecule has 2 fully saturated rings. The van der Waals surface area contributed by atoms with Crippen molar-refractivity contribution in [2.24, 2.45) is 0 Å². The van der Waals surface area contributed by atoms with Gasteiger partial charge < -0.3 is 10.1 Å². The lowest BCUT2D eigenvalue weighted by molar-refractivity contribution is -0.0665. The molecule has 2 atom stereocenters. The number of hydrogen-bond acceptors (Lipinski definition) is 2. The van der Waals surface area contributed by atoms with E-state index in [2.05, 4.69) is 19.2 Å². The normalized spacial score (nSPS) is 28.7. The molecule has 0 radical (unpaired) electrons. The van der Waals surface area contributed by atoms with E-state index in [-0.39, 0.29) is 0 Å². The molecule has 0 aromatic heterocycles. The van der Waals surface area contributed by atoms with Crippen LogP contribution in [0.5, 0.6) is 0 Å². The van der Waals surface area contributed by atoms with E-state index in [0.29, 0.717) is 17.7 Å². The van der Waals surface area contributed by atoms with Crippen LogP contribution in [0.15, 0.2) is 0 Å². The summed E-state index contributed by atoms with van der Waals surface area (Å²) in [5, 5.41) is 3.57. The molecule has 1 spiro atoms. The lowest BCUT2D eigenvalue weighted by Crippen LogP contribution is -2.32. The number of ether oxygens (including phenoxy) is 1. The van der Waals surface area contributed by atoms with Crippen LogP contribution in [0.25, 0.3) is 0 Å². The molecule has 1 aliphatic heterocycles. The largest absolute Gasteiger partial charge is 0.372 e. The number of nitrogens with one attached hydrogen (secondary N) is 1. The molecular weight excluding hydrogens is 222 g/mol. The third-order valence-electron chi connectivity index (χ3n) is 4.93. The van der Waals surface area contributed by atoms with Crippen molar-refractivity contribution in [2.75, 3.05) is 6.54 Å². The Kier molecular flexibility index (Phi) is 5.50. The van der Waals surface area contributed by atoms with Crippen LogP contribution in [-0.4, -0.2) is 24.3 Å². The van der Waals surface area contributed by atoms with Gasteiger partial charge in [-0.05, 0) is 51.5 Å². The molecule has 0 amide bonds. The minimum absolute atomic E-state index is 0.308. The van der Waals surface area contributed by atoms with E-state index in [1.807, 2.05) is 0 Å². The minimum Gasteiger partial charge on any atom is -0.372 e. The predicted octanol–water partition coefficient (Wildman–Crippen LogP) is 4.04. The van der Waals surface area contributed by atoms with E-state index >= 15 is 0 Å². The first-order valence-corrected chi connectivity index (χ1v) is 8.19. The summed E-state index contributed by atoms with van der Waals surface area (Å²) in [5.41, 5.74) is 0.308. The Morgan fingerprint density at radius 3 is 2.61 bits per heavy atom. The van der Waals surface area contributed by atoms with Gasteiger partial charge in [-0.3, -0.25) is 0 Å². The molecule has 2 aliphatic rings. The minimum atomic E-state index is 0.308. The van der Waals surface area contributed by atoms with Crippen LogP contribution in [0.3, 0.4) is 0 Å². The van der Waals surface area contributed by atoms with E-state index < -0.39 is 0 Å². The lowest BCUT2D eigenvalue weighted by atomic mass is 9.83. The van der Waals surface area contributed by atoms with Crippen LogP contribution >= 0.6 is 0 Å². The van der Waals surface area contributed by atoms with E-state index in [9.17, 15) is 0 Å². The first-order valence-electron chi connectivity index (χ1n) is 8.19. The van der Waals surface area contributed by atoms with Gasteiger partial charge in [0.1, 0.15) is 0 Å². The molecule has 2 nitrogen and oxygen atoms in total. The fourth-order valence-electron chi connectivity index (χ4n) is 3.79. The maximum absolute atomic E-state index is 6.44. The van der Waals surface area contributed by atoms with Crippen LogP contribution in [0, 0.1) is 0 Å². The summed E-state index contributed by atoms with van der Waals surface area (Å²) in [5.74, 6) is 0. The molecule has 1 saturated carbocycles. The highest BCUT2D eigenvalue weighted by Gasteiger charge is 2.40. The third-order valence-corrected chi connectivity index (χ3v) is 4.93. The van der Waals surface area contributed by atoms with Crippen LogP contribution in [0.1, 0.15) is 78.1 Å². The molecule has 2 heteroatoms. The summed E-state index contributed by atoms with van der Waals surface area (Å²) in [4.78, 5) is 0. The van der Waals surface area contributed by atoms with Gasteiger partial charge in [-0.2, -0.15) is 0 Å². The van der Waals surface area contributed by atoms with Crippen LogP contribution in [0.4, 0.5) is 0 Å². The van der Waals surface area contributed by atoms with Crippen molar-refractivity contribution in [3.05, 3.63) is 0 Å². The fourth-order valence-corrected chi connectivity index (χ4v) is 3.79. The third kappa shape index (κ3) is 3.71. The van der Waals surface area contributed by atoms with Gasteiger partial charge in [0.05, 0.1) is 11.7 Å². The molecule has 106 valence electrons. The molecule has 1 aliphatic carbocycles. The van der Waals surface area contributed by atoms with Gasteiger partial charge in [0.25, 0.3) is 0 Å². The fraction of sp³-hybridized carbons (Fsp3) is 1.00. The molecule has 1 heterocycles. The zero-order valence-corrected chi connectivity index (χ0v) is 12.3. The Hall–Kier alpha value is -0.0800. The quantitative estimate of drug-likeness (QED) is 0.771. The topological polar surface area (TPSA) is 21.3 Å². The van der Waals surface area contributed by atoms with Gasteiger partial charge in [-0.15, -0.1) is 0 Å². The zero-order chi connectivity index (χ0) is 12.8. The van der Waals surface area contributed by atoms with Gasteiger partial charge in [0, 0.05) is 6.04 Å². The SMILES string of the molecule is CCNC(CC)CCC1CCC2(CCCCC2)O1. The highest BCUT2D eigenvalue weighted by molar-refractivity contribution is 4.91. The Morgan fingerprint density at radius 1 is 1.17 bits per heavy atom. The summed E-state index contributed by atoms with van der Waals surface area (Å²) in [6.45, 7) is 5.57. The second-order valence-corrected chi connectivity index (χ2v) is 6.26. The van der Waals surface area contributed by atoms with Gasteiger partial charge in [0.15, 0.2) is 0 Å². The Bertz CT molecular complexity index is 235. The molecule has 1 N–H and O–H groups in total. The first-order chi connectivity index (χ1) is 8.78. The van der Waals surface area contributed by atoms with Crippen LogP contribution in [-0.2, 0) is 4.74 Å². The van der Waals surface area contributed by atoms with E-state index in [1.165, 1.54) is 64.2 Å². The van der Waals surface area contributed by atoms with Crippen LogP contribution < -0.4 is 5.32 Å². The first kappa shape index (κ1) is 14.3. The summed E-state index contributed by atoms with van der Waals surface area (Å²) >= 11 is 0. The van der Waals surface area contributed by atoms with Crippen molar-refractivity contribution in [3.63, 3.8) is 0 Å². The van der Waals surface area contributed by atoms with Gasteiger partial charge in [-0.25, -0.2) is 0 Å². The summed E-state index contributed by atoms with van der Waals surface area (Å²) in [6.07, 6.45) is 13.8. The van der Waals surface area contributed by atoms with Crippen molar-refractivity contribution in [3.8, 4) is 0 Å². The molecule has 2 rings (SSSR count). The van der Waals surface area contributed by atoms with Crippen molar-refractivity contribution < 1.29 is 4.74 Å². The molecule has 0 bridgehead atoms. The van der Waals surface area contributed by atoms with Crippen molar-refractivity contribution in [1.29, 1.82) is 0 Å². The molecule has 1 saturated heterocycles. The lowest BCUT2D eigenvalue weighted by Gasteiger charge is -2.33. The second-order valence-electron chi connectivity index (χ2n) is 6.26. The Labute approximate surface area is 113 Å². The van der Waals surface area contributed by atoms with Crippen LogP contribution in [0.2, 0.25) is 0 Å². The smallest absolute Gasteiger partial charge is 0.0687 e. The van der Waals surface area contributed by atoms with E-state index in [1.54, 1.807) is 0 Å². The molecule has 0 aromatic carbocycles. The second kappa shape index (κ2) is 6.91. The average molecular weight is 253 g/mol. The predicted molar refractivity (Wildman–Crippen MR) is 76.9 cm³/mol. The van der Waals surface area contributed by atoms with Gasteiger partial charge in [0.2, 0.25) is 0 Å². The maximum Gasteiger partial charge on any atom is 0.0687 e. The average Bonchev–Trinajstić information content (AvgIpc) is 2.78. The Balaban J connectivity index is 1.72. The molecule has 18 heavy (non-hydrogen) atoms. The van der Waals surface area contributed by atoms with Crippen molar-refractivity contribution >= 4 is 0 Å². The zero-order valence-electron chi connectivity index (χ0n) is 12.3. The monoisotopic (exact) mass is 253 g/mol. The van der Waals surface area contributed by atoms with Gasteiger partial charge >= 0.3 is 0 Å². The standard InChI is InChI=1S/C16H31NO/c1-3-14(17-4-2)8-9-15-10-13-16(18-15)11-6-5-7-12-16/h14-15,17H,3-13H2,1-2H3. The molecular formula is C16H31NO. The summed E-state index contributed by atoms with van der Waals surface area (Å²) in [6, 6.07) is 0.696. The Morgan fingerprint density at radius 2 is 1.94 bits per heavy atom. The summed E-state index contributed by atoms with van der Waals surface area (Å²) < 4.78 is 6.44. The number of rotatable bonds is 6. The van der Waals surface area contributed by atoms with E-state index in [4.69, 9.17) is 4.74 Å².